The molecular formula is C14H22N2. The minimum Gasteiger partial charge on any atom is -0.399 e. The van der Waals surface area contributed by atoms with Crippen molar-refractivity contribution in [3.63, 3.8) is 0 Å². The smallest absolute Gasteiger partial charge is 0.0367 e. The Hall–Kier alpha value is -1.18. The number of nitrogen functional groups attached to an aromatic ring is 1. The van der Waals surface area contributed by atoms with Crippen molar-refractivity contribution in [2.75, 3.05) is 23.7 Å². The van der Waals surface area contributed by atoms with Gasteiger partial charge in [0.15, 0.2) is 0 Å². The van der Waals surface area contributed by atoms with Crippen LogP contribution in [0.4, 0.5) is 11.4 Å². The molecular weight excluding hydrogens is 196 g/mol. The van der Waals surface area contributed by atoms with Gasteiger partial charge in [0.25, 0.3) is 0 Å². The van der Waals surface area contributed by atoms with Gasteiger partial charge >= 0.3 is 0 Å². The lowest BCUT2D eigenvalue weighted by Crippen LogP contribution is -2.25. The maximum absolute atomic E-state index is 5.70. The first-order valence-corrected chi connectivity index (χ1v) is 6.07. The van der Waals surface area contributed by atoms with Crippen LogP contribution in [0.5, 0.6) is 0 Å². The van der Waals surface area contributed by atoms with E-state index in [9.17, 15) is 0 Å². The molecule has 2 N–H and O–H groups in total. The first kappa shape index (κ1) is 11.3. The lowest BCUT2D eigenvalue weighted by atomic mass is 9.80. The van der Waals surface area contributed by atoms with Crippen molar-refractivity contribution in [1.29, 1.82) is 0 Å². The zero-order chi connectivity index (χ0) is 11.8. The molecule has 1 fully saturated rings. The van der Waals surface area contributed by atoms with Gasteiger partial charge in [-0.25, -0.2) is 0 Å². The van der Waals surface area contributed by atoms with Gasteiger partial charge in [-0.3, -0.25) is 0 Å². The average molecular weight is 218 g/mol. The van der Waals surface area contributed by atoms with Crippen LogP contribution in [0.1, 0.15) is 27.2 Å². The van der Waals surface area contributed by atoms with Crippen molar-refractivity contribution in [3.05, 3.63) is 24.3 Å². The maximum Gasteiger partial charge on any atom is 0.0367 e. The molecule has 0 aromatic heterocycles. The van der Waals surface area contributed by atoms with Crippen molar-refractivity contribution in [2.45, 2.75) is 27.2 Å². The monoisotopic (exact) mass is 218 g/mol. The van der Waals surface area contributed by atoms with Gasteiger partial charge in [0.05, 0.1) is 0 Å². The fourth-order valence-corrected chi connectivity index (χ4v) is 2.39. The summed E-state index contributed by atoms with van der Waals surface area (Å²) in [5.41, 5.74) is 8.27. The van der Waals surface area contributed by atoms with Crippen LogP contribution in [-0.2, 0) is 0 Å². The lowest BCUT2D eigenvalue weighted by molar-refractivity contribution is 0.263. The summed E-state index contributed by atoms with van der Waals surface area (Å²) in [6.45, 7) is 9.36. The van der Waals surface area contributed by atoms with E-state index in [2.05, 4.69) is 37.8 Å². The van der Waals surface area contributed by atoms with Gasteiger partial charge in [-0.15, -0.1) is 0 Å². The molecule has 1 saturated heterocycles. The van der Waals surface area contributed by atoms with Crippen LogP contribution >= 0.6 is 0 Å². The number of nitrogens with two attached hydrogens (primary N) is 1. The fourth-order valence-electron chi connectivity index (χ4n) is 2.39. The largest absolute Gasteiger partial charge is 0.399 e. The van der Waals surface area contributed by atoms with E-state index in [0.29, 0.717) is 5.41 Å². The standard InChI is InChI=1S/C14H22N2/c1-14(2,3)11-8-9-16(10-11)13-6-4-12(15)5-7-13/h4-7,11H,8-10,15H2,1-3H3. The number of rotatable bonds is 1. The highest BCUT2D eigenvalue weighted by atomic mass is 15.2. The van der Waals surface area contributed by atoms with Gasteiger partial charge in [0.1, 0.15) is 0 Å². The zero-order valence-corrected chi connectivity index (χ0v) is 10.5. The minimum atomic E-state index is 0.419. The predicted molar refractivity (Wildman–Crippen MR) is 70.6 cm³/mol. The molecule has 1 heterocycles. The lowest BCUT2D eigenvalue weighted by Gasteiger charge is -2.27. The summed E-state index contributed by atoms with van der Waals surface area (Å²) in [5.74, 6) is 0.796. The summed E-state index contributed by atoms with van der Waals surface area (Å²) in [4.78, 5) is 2.47. The summed E-state index contributed by atoms with van der Waals surface area (Å²) in [5, 5.41) is 0. The van der Waals surface area contributed by atoms with Gasteiger partial charge in [0.2, 0.25) is 0 Å². The number of anilines is 2. The summed E-state index contributed by atoms with van der Waals surface area (Å²) >= 11 is 0. The van der Waals surface area contributed by atoms with Crippen LogP contribution in [0.25, 0.3) is 0 Å². The molecule has 1 atom stereocenters. The van der Waals surface area contributed by atoms with E-state index in [0.717, 1.165) is 11.6 Å². The van der Waals surface area contributed by atoms with E-state index in [4.69, 9.17) is 5.73 Å². The van der Waals surface area contributed by atoms with Gasteiger partial charge in [-0.05, 0) is 42.0 Å². The molecule has 0 bridgehead atoms. The number of benzene rings is 1. The van der Waals surface area contributed by atoms with E-state index in [-0.39, 0.29) is 0 Å². The highest BCUT2D eigenvalue weighted by molar-refractivity contribution is 5.53. The molecule has 0 spiro atoms. The molecule has 88 valence electrons. The summed E-state index contributed by atoms with van der Waals surface area (Å²) < 4.78 is 0. The van der Waals surface area contributed by atoms with Crippen LogP contribution in [0, 0.1) is 11.3 Å². The minimum absolute atomic E-state index is 0.419. The van der Waals surface area contributed by atoms with E-state index >= 15 is 0 Å². The van der Waals surface area contributed by atoms with Crippen LogP contribution in [0.3, 0.4) is 0 Å². The molecule has 2 heteroatoms. The predicted octanol–water partition coefficient (Wildman–Crippen LogP) is 3.14. The molecule has 1 aromatic rings. The van der Waals surface area contributed by atoms with Gasteiger partial charge in [0, 0.05) is 24.5 Å². The Kier molecular flexibility index (Phi) is 2.83. The second kappa shape index (κ2) is 4.00. The maximum atomic E-state index is 5.70. The highest BCUT2D eigenvalue weighted by Crippen LogP contribution is 2.35. The summed E-state index contributed by atoms with van der Waals surface area (Å²) in [7, 11) is 0. The first-order valence-electron chi connectivity index (χ1n) is 6.07. The van der Waals surface area contributed by atoms with Crippen molar-refractivity contribution in [2.24, 2.45) is 11.3 Å². The third kappa shape index (κ3) is 2.31. The van der Waals surface area contributed by atoms with E-state index in [1.165, 1.54) is 25.2 Å². The molecule has 1 aliphatic rings. The molecule has 0 amide bonds. The fraction of sp³-hybridized carbons (Fsp3) is 0.571. The highest BCUT2D eigenvalue weighted by Gasteiger charge is 2.31. The molecule has 1 unspecified atom stereocenters. The SMILES string of the molecule is CC(C)(C)C1CCN(c2ccc(N)cc2)C1. The Labute approximate surface area is 98.4 Å². The number of nitrogens with zero attached hydrogens (tertiary/aromatic N) is 1. The van der Waals surface area contributed by atoms with Gasteiger partial charge in [-0.1, -0.05) is 20.8 Å². The molecule has 16 heavy (non-hydrogen) atoms. The number of hydrogen-bond donors (Lipinski definition) is 1. The van der Waals surface area contributed by atoms with Crippen molar-refractivity contribution in [3.8, 4) is 0 Å². The molecule has 2 nitrogen and oxygen atoms in total. The third-order valence-corrected chi connectivity index (χ3v) is 3.67. The van der Waals surface area contributed by atoms with Crippen molar-refractivity contribution in [1.82, 2.24) is 0 Å². The first-order chi connectivity index (χ1) is 7.47. The average Bonchev–Trinajstić information content (AvgIpc) is 2.67. The second-order valence-electron chi connectivity index (χ2n) is 5.89. The Morgan fingerprint density at radius 1 is 1.19 bits per heavy atom. The quantitative estimate of drug-likeness (QED) is 0.734. The Morgan fingerprint density at radius 3 is 2.31 bits per heavy atom. The van der Waals surface area contributed by atoms with Crippen LogP contribution in [0.15, 0.2) is 24.3 Å². The Morgan fingerprint density at radius 2 is 1.81 bits per heavy atom. The molecule has 0 aliphatic carbocycles. The van der Waals surface area contributed by atoms with Crippen molar-refractivity contribution < 1.29 is 0 Å². The molecule has 2 rings (SSSR count). The summed E-state index contributed by atoms with van der Waals surface area (Å²) in [6, 6.07) is 8.22. The topological polar surface area (TPSA) is 29.3 Å². The van der Waals surface area contributed by atoms with Gasteiger partial charge < -0.3 is 10.6 Å². The zero-order valence-electron chi connectivity index (χ0n) is 10.5. The van der Waals surface area contributed by atoms with Crippen LogP contribution in [-0.4, -0.2) is 13.1 Å². The second-order valence-corrected chi connectivity index (χ2v) is 5.89. The number of hydrogen-bond acceptors (Lipinski definition) is 2. The van der Waals surface area contributed by atoms with Crippen LogP contribution < -0.4 is 10.6 Å². The molecule has 0 saturated carbocycles. The Bertz CT molecular complexity index is 348. The van der Waals surface area contributed by atoms with Crippen LogP contribution in [0.2, 0.25) is 0 Å². The third-order valence-electron chi connectivity index (χ3n) is 3.67. The van der Waals surface area contributed by atoms with E-state index in [1.54, 1.807) is 0 Å². The van der Waals surface area contributed by atoms with E-state index < -0.39 is 0 Å². The molecule has 1 aromatic carbocycles. The normalized spacial score (nSPS) is 21.4. The van der Waals surface area contributed by atoms with Crippen molar-refractivity contribution >= 4 is 11.4 Å². The van der Waals surface area contributed by atoms with E-state index in [1.807, 2.05) is 12.1 Å². The molecule has 1 aliphatic heterocycles. The summed E-state index contributed by atoms with van der Waals surface area (Å²) in [6.07, 6.45) is 1.30. The Balaban J connectivity index is 2.06. The molecule has 0 radical (unpaired) electrons. The van der Waals surface area contributed by atoms with Gasteiger partial charge in [-0.2, -0.15) is 0 Å².